The van der Waals surface area contributed by atoms with Crippen molar-refractivity contribution in [3.8, 4) is 11.5 Å². The minimum atomic E-state index is -0.715. The Kier molecular flexibility index (Phi) is 9.27. The molecule has 176 valence electrons. The fourth-order valence-corrected chi connectivity index (χ4v) is 4.16. The highest BCUT2D eigenvalue weighted by molar-refractivity contribution is 5.52. The lowest BCUT2D eigenvalue weighted by atomic mass is 9.66. The van der Waals surface area contributed by atoms with Crippen LogP contribution in [-0.4, -0.2) is 52.0 Å². The third-order valence-electron chi connectivity index (χ3n) is 5.77. The molecule has 0 aromatic heterocycles. The maximum Gasteiger partial charge on any atom is 0.118 e. The molecular formula is C27H33NO5. The molecule has 0 radical (unpaired) electrons. The molecule has 0 heterocycles. The van der Waals surface area contributed by atoms with E-state index in [1.54, 1.807) is 14.2 Å². The smallest absolute Gasteiger partial charge is 0.118 e. The molecule has 0 saturated heterocycles. The SMILES string of the molecule is COc1ccc(C(CC(O)COCCOCN)(c2ccccc2)c2ccc(OC)cc2)cc1. The number of hydrogen-bond acceptors (Lipinski definition) is 6. The van der Waals surface area contributed by atoms with Crippen molar-refractivity contribution in [2.75, 3.05) is 40.8 Å². The Morgan fingerprint density at radius 1 is 0.727 bits per heavy atom. The lowest BCUT2D eigenvalue weighted by Crippen LogP contribution is -2.35. The van der Waals surface area contributed by atoms with E-state index in [0.717, 1.165) is 28.2 Å². The van der Waals surface area contributed by atoms with E-state index in [1.165, 1.54) is 0 Å². The van der Waals surface area contributed by atoms with Crippen LogP contribution in [0.1, 0.15) is 23.1 Å². The van der Waals surface area contributed by atoms with Gasteiger partial charge in [-0.2, -0.15) is 0 Å². The van der Waals surface area contributed by atoms with Crippen LogP contribution in [0.15, 0.2) is 78.9 Å². The first-order valence-corrected chi connectivity index (χ1v) is 11.0. The van der Waals surface area contributed by atoms with Gasteiger partial charge in [-0.3, -0.25) is 0 Å². The fraction of sp³-hybridized carbons (Fsp3) is 0.333. The summed E-state index contributed by atoms with van der Waals surface area (Å²) in [6, 6.07) is 26.2. The van der Waals surface area contributed by atoms with Crippen LogP contribution in [-0.2, 0) is 14.9 Å². The molecule has 0 aliphatic rings. The number of hydrogen-bond donors (Lipinski definition) is 2. The third kappa shape index (κ3) is 6.12. The molecule has 3 aromatic rings. The first-order chi connectivity index (χ1) is 16.1. The molecular weight excluding hydrogens is 418 g/mol. The van der Waals surface area contributed by atoms with Crippen LogP contribution in [0.3, 0.4) is 0 Å². The molecule has 0 aliphatic heterocycles. The van der Waals surface area contributed by atoms with E-state index < -0.39 is 11.5 Å². The minimum Gasteiger partial charge on any atom is -0.497 e. The van der Waals surface area contributed by atoms with Crippen LogP contribution in [0, 0.1) is 0 Å². The average Bonchev–Trinajstić information content (AvgIpc) is 2.88. The van der Waals surface area contributed by atoms with Gasteiger partial charge in [-0.15, -0.1) is 0 Å². The van der Waals surface area contributed by atoms with Gasteiger partial charge in [0.05, 0.1) is 46.9 Å². The van der Waals surface area contributed by atoms with E-state index in [-0.39, 0.29) is 13.3 Å². The number of ether oxygens (including phenoxy) is 4. The number of aliphatic hydroxyl groups excluding tert-OH is 1. The molecule has 0 aliphatic carbocycles. The third-order valence-corrected chi connectivity index (χ3v) is 5.77. The predicted molar refractivity (Wildman–Crippen MR) is 129 cm³/mol. The van der Waals surface area contributed by atoms with Crippen molar-refractivity contribution in [2.45, 2.75) is 17.9 Å². The maximum atomic E-state index is 11.1. The van der Waals surface area contributed by atoms with Crippen molar-refractivity contribution in [3.63, 3.8) is 0 Å². The molecule has 6 nitrogen and oxygen atoms in total. The van der Waals surface area contributed by atoms with E-state index in [2.05, 4.69) is 36.4 Å². The van der Waals surface area contributed by atoms with E-state index in [0.29, 0.717) is 19.6 Å². The van der Waals surface area contributed by atoms with Crippen LogP contribution in [0.4, 0.5) is 0 Å². The van der Waals surface area contributed by atoms with Gasteiger partial charge >= 0.3 is 0 Å². The summed E-state index contributed by atoms with van der Waals surface area (Å²) in [6.07, 6.45) is -0.291. The molecule has 3 N–H and O–H groups in total. The van der Waals surface area contributed by atoms with Gasteiger partial charge in [0.2, 0.25) is 0 Å². The van der Waals surface area contributed by atoms with Gasteiger partial charge in [0.1, 0.15) is 11.5 Å². The Morgan fingerprint density at radius 2 is 1.21 bits per heavy atom. The first kappa shape index (κ1) is 24.7. The predicted octanol–water partition coefficient (Wildman–Crippen LogP) is 3.74. The van der Waals surface area contributed by atoms with E-state index >= 15 is 0 Å². The zero-order chi connectivity index (χ0) is 23.5. The molecule has 3 rings (SSSR count). The second-order valence-corrected chi connectivity index (χ2v) is 7.74. The summed E-state index contributed by atoms with van der Waals surface area (Å²) >= 11 is 0. The molecule has 0 amide bonds. The minimum absolute atomic E-state index is 0.151. The van der Waals surface area contributed by atoms with Crippen LogP contribution in [0.2, 0.25) is 0 Å². The highest BCUT2D eigenvalue weighted by atomic mass is 16.5. The van der Waals surface area contributed by atoms with E-state index in [1.807, 2.05) is 42.5 Å². The summed E-state index contributed by atoms with van der Waals surface area (Å²) in [5.41, 5.74) is 7.90. The maximum absolute atomic E-state index is 11.1. The van der Waals surface area contributed by atoms with Crippen LogP contribution < -0.4 is 15.2 Å². The van der Waals surface area contributed by atoms with Crippen LogP contribution >= 0.6 is 0 Å². The number of rotatable bonds is 13. The Bertz CT molecular complexity index is 897. The summed E-state index contributed by atoms with van der Waals surface area (Å²) in [4.78, 5) is 0. The second kappa shape index (κ2) is 12.4. The summed E-state index contributed by atoms with van der Waals surface area (Å²) in [7, 11) is 3.30. The molecule has 33 heavy (non-hydrogen) atoms. The van der Waals surface area contributed by atoms with Gasteiger partial charge in [0.15, 0.2) is 0 Å². The average molecular weight is 452 g/mol. The molecule has 0 fully saturated rings. The van der Waals surface area contributed by atoms with Gasteiger partial charge in [-0.05, 0) is 47.4 Å². The summed E-state index contributed by atoms with van der Waals surface area (Å²) < 4.78 is 21.5. The highest BCUT2D eigenvalue weighted by Crippen LogP contribution is 2.44. The van der Waals surface area contributed by atoms with Gasteiger partial charge in [0.25, 0.3) is 0 Å². The van der Waals surface area contributed by atoms with Gasteiger partial charge in [0, 0.05) is 5.41 Å². The standard InChI is InChI=1S/C27H33NO5/c1-30-25-12-8-22(9-13-25)27(21-6-4-3-5-7-21,23-10-14-26(31-2)15-11-23)18-24(29)19-32-16-17-33-20-28/h3-15,24,29H,16-20,28H2,1-2H3. The quantitative estimate of drug-likeness (QED) is 0.234. The van der Waals surface area contributed by atoms with Gasteiger partial charge in [-0.25, -0.2) is 0 Å². The van der Waals surface area contributed by atoms with Crippen molar-refractivity contribution in [1.29, 1.82) is 0 Å². The van der Waals surface area contributed by atoms with E-state index in [4.69, 9.17) is 24.7 Å². The van der Waals surface area contributed by atoms with Crippen LogP contribution in [0.25, 0.3) is 0 Å². The van der Waals surface area contributed by atoms with Gasteiger partial charge < -0.3 is 29.8 Å². The van der Waals surface area contributed by atoms with Crippen LogP contribution in [0.5, 0.6) is 11.5 Å². The summed E-state index contributed by atoms with van der Waals surface area (Å²) in [5.74, 6) is 1.55. The number of aliphatic hydroxyl groups is 1. The van der Waals surface area contributed by atoms with Gasteiger partial charge in [-0.1, -0.05) is 54.6 Å². The van der Waals surface area contributed by atoms with Crippen molar-refractivity contribution in [1.82, 2.24) is 0 Å². The van der Waals surface area contributed by atoms with Crippen molar-refractivity contribution < 1.29 is 24.1 Å². The Labute approximate surface area is 195 Å². The Hall–Kier alpha value is -2.90. The van der Waals surface area contributed by atoms with E-state index in [9.17, 15) is 5.11 Å². The molecule has 0 spiro atoms. The molecule has 0 bridgehead atoms. The number of benzene rings is 3. The number of nitrogens with two attached hydrogens (primary N) is 1. The summed E-state index contributed by atoms with van der Waals surface area (Å²) in [6.45, 7) is 1.11. The second-order valence-electron chi connectivity index (χ2n) is 7.74. The Balaban J connectivity index is 2.04. The molecule has 1 atom stereocenters. The summed E-state index contributed by atoms with van der Waals surface area (Å²) in [5, 5.41) is 11.1. The zero-order valence-electron chi connectivity index (χ0n) is 19.3. The largest absolute Gasteiger partial charge is 0.497 e. The highest BCUT2D eigenvalue weighted by Gasteiger charge is 2.38. The first-order valence-electron chi connectivity index (χ1n) is 11.0. The normalized spacial score (nSPS) is 12.4. The fourth-order valence-electron chi connectivity index (χ4n) is 4.16. The molecule has 3 aromatic carbocycles. The lowest BCUT2D eigenvalue weighted by Gasteiger charge is -2.38. The molecule has 1 unspecified atom stereocenters. The van der Waals surface area contributed by atoms with Crippen molar-refractivity contribution >= 4 is 0 Å². The topological polar surface area (TPSA) is 83.2 Å². The lowest BCUT2D eigenvalue weighted by molar-refractivity contribution is -0.00157. The van der Waals surface area contributed by atoms with Crippen molar-refractivity contribution in [2.24, 2.45) is 5.73 Å². The van der Waals surface area contributed by atoms with Crippen molar-refractivity contribution in [3.05, 3.63) is 95.6 Å². The molecule has 6 heteroatoms. The molecule has 0 saturated carbocycles. The Morgan fingerprint density at radius 3 is 1.70 bits per heavy atom. The monoisotopic (exact) mass is 451 g/mol. The number of methoxy groups -OCH3 is 2. The zero-order valence-corrected chi connectivity index (χ0v) is 19.3.